The third kappa shape index (κ3) is 2.99. The second kappa shape index (κ2) is 5.72. The molecule has 1 aliphatic carbocycles. The van der Waals surface area contributed by atoms with Gasteiger partial charge in [-0.2, -0.15) is 0 Å². The predicted molar refractivity (Wildman–Crippen MR) is 83.0 cm³/mol. The number of anilines is 1. The van der Waals surface area contributed by atoms with E-state index in [1.165, 1.54) is 6.42 Å². The van der Waals surface area contributed by atoms with Crippen molar-refractivity contribution in [1.82, 2.24) is 4.98 Å². The minimum Gasteiger partial charge on any atom is -0.458 e. The number of aromatic nitrogens is 1. The van der Waals surface area contributed by atoms with E-state index in [9.17, 15) is 4.79 Å². The molecule has 0 amide bonds. The Kier molecular flexibility index (Phi) is 3.78. The fourth-order valence-electron chi connectivity index (χ4n) is 3.00. The van der Waals surface area contributed by atoms with Crippen LogP contribution in [0.2, 0.25) is 0 Å². The summed E-state index contributed by atoms with van der Waals surface area (Å²) < 4.78 is 5.59. The van der Waals surface area contributed by atoms with Crippen LogP contribution in [0.4, 0.5) is 5.69 Å². The molecule has 1 saturated carbocycles. The highest BCUT2D eigenvalue weighted by Crippen LogP contribution is 2.27. The average Bonchev–Trinajstić information content (AvgIpc) is 2.47. The Labute approximate surface area is 124 Å². The lowest BCUT2D eigenvalue weighted by molar-refractivity contribution is 0.0149. The van der Waals surface area contributed by atoms with Crippen LogP contribution < -0.4 is 5.73 Å². The van der Waals surface area contributed by atoms with Gasteiger partial charge in [0.25, 0.3) is 0 Å². The van der Waals surface area contributed by atoms with Crippen molar-refractivity contribution in [3.05, 3.63) is 36.0 Å². The van der Waals surface area contributed by atoms with Crippen LogP contribution in [-0.4, -0.2) is 17.1 Å². The summed E-state index contributed by atoms with van der Waals surface area (Å²) in [4.78, 5) is 16.6. The van der Waals surface area contributed by atoms with Crippen molar-refractivity contribution >= 4 is 22.6 Å². The molecule has 3 rings (SSSR count). The summed E-state index contributed by atoms with van der Waals surface area (Å²) in [6, 6.07) is 9.14. The van der Waals surface area contributed by atoms with Crippen LogP contribution in [-0.2, 0) is 4.74 Å². The number of carbonyl (C=O) groups excluding carboxylic acids is 1. The summed E-state index contributed by atoms with van der Waals surface area (Å²) in [7, 11) is 0. The third-order valence-electron chi connectivity index (χ3n) is 4.12. The van der Waals surface area contributed by atoms with Crippen LogP contribution in [0.15, 0.2) is 30.3 Å². The van der Waals surface area contributed by atoms with Crippen molar-refractivity contribution in [3.8, 4) is 0 Å². The van der Waals surface area contributed by atoms with Crippen molar-refractivity contribution in [3.63, 3.8) is 0 Å². The van der Waals surface area contributed by atoms with E-state index in [2.05, 4.69) is 11.9 Å². The number of ether oxygens (including phenoxy) is 1. The molecule has 110 valence electrons. The van der Waals surface area contributed by atoms with Crippen molar-refractivity contribution in [2.45, 2.75) is 38.7 Å². The molecule has 1 heterocycles. The number of esters is 1. The van der Waals surface area contributed by atoms with Crippen LogP contribution >= 0.6 is 0 Å². The molecule has 1 aliphatic rings. The largest absolute Gasteiger partial charge is 0.458 e. The highest BCUT2D eigenvalue weighted by atomic mass is 16.5. The van der Waals surface area contributed by atoms with Crippen LogP contribution in [0.25, 0.3) is 10.9 Å². The first kappa shape index (κ1) is 13.9. The Balaban J connectivity index is 1.81. The lowest BCUT2D eigenvalue weighted by Gasteiger charge is -2.26. The van der Waals surface area contributed by atoms with Gasteiger partial charge in [0.1, 0.15) is 6.10 Å². The molecule has 2 aromatic rings. The quantitative estimate of drug-likeness (QED) is 0.856. The fourth-order valence-corrected chi connectivity index (χ4v) is 3.00. The number of hydrogen-bond acceptors (Lipinski definition) is 4. The van der Waals surface area contributed by atoms with E-state index in [0.29, 0.717) is 17.3 Å². The first-order valence-corrected chi connectivity index (χ1v) is 7.49. The van der Waals surface area contributed by atoms with Gasteiger partial charge in [-0.25, -0.2) is 9.78 Å². The maximum absolute atomic E-state index is 12.3. The number of carbonyl (C=O) groups is 1. The molecule has 0 spiro atoms. The molecule has 0 saturated heterocycles. The van der Waals surface area contributed by atoms with Gasteiger partial charge in [0.2, 0.25) is 0 Å². The molecule has 4 heteroatoms. The molecule has 4 nitrogen and oxygen atoms in total. The molecule has 1 fully saturated rings. The van der Waals surface area contributed by atoms with Crippen molar-refractivity contribution < 1.29 is 9.53 Å². The summed E-state index contributed by atoms with van der Waals surface area (Å²) in [6.07, 6.45) is 4.23. The molecule has 1 aromatic carbocycles. The predicted octanol–water partition coefficient (Wildman–Crippen LogP) is 3.55. The summed E-state index contributed by atoms with van der Waals surface area (Å²) in [6.45, 7) is 2.20. The maximum Gasteiger partial charge on any atom is 0.357 e. The van der Waals surface area contributed by atoms with Gasteiger partial charge in [-0.3, -0.25) is 0 Å². The molecule has 0 radical (unpaired) electrons. The lowest BCUT2D eigenvalue weighted by atomic mass is 9.89. The van der Waals surface area contributed by atoms with Crippen molar-refractivity contribution in [2.24, 2.45) is 5.92 Å². The van der Waals surface area contributed by atoms with E-state index in [-0.39, 0.29) is 12.1 Å². The van der Waals surface area contributed by atoms with E-state index in [1.54, 1.807) is 6.07 Å². The molecule has 0 bridgehead atoms. The van der Waals surface area contributed by atoms with Crippen molar-refractivity contribution in [1.29, 1.82) is 0 Å². The summed E-state index contributed by atoms with van der Waals surface area (Å²) in [5, 5.41) is 0.861. The van der Waals surface area contributed by atoms with E-state index >= 15 is 0 Å². The smallest absolute Gasteiger partial charge is 0.357 e. The zero-order valence-corrected chi connectivity index (χ0v) is 12.2. The molecule has 21 heavy (non-hydrogen) atoms. The minimum atomic E-state index is -0.369. The van der Waals surface area contributed by atoms with E-state index < -0.39 is 0 Å². The summed E-state index contributed by atoms with van der Waals surface area (Å²) >= 11 is 0. The second-order valence-electron chi connectivity index (χ2n) is 5.91. The van der Waals surface area contributed by atoms with Crippen LogP contribution in [0.5, 0.6) is 0 Å². The lowest BCUT2D eigenvalue weighted by Crippen LogP contribution is -2.25. The summed E-state index contributed by atoms with van der Waals surface area (Å²) in [5.74, 6) is 0.248. The number of para-hydroxylation sites is 1. The Morgan fingerprint density at radius 2 is 2.14 bits per heavy atom. The van der Waals surface area contributed by atoms with Crippen LogP contribution in [0, 0.1) is 5.92 Å². The second-order valence-corrected chi connectivity index (χ2v) is 5.91. The van der Waals surface area contributed by atoms with Gasteiger partial charge in [0.15, 0.2) is 5.69 Å². The number of nitrogens with zero attached hydrogens (tertiary/aromatic N) is 1. The number of nitrogen functional groups attached to an aromatic ring is 1. The normalized spacial score (nSPS) is 22.1. The first-order chi connectivity index (χ1) is 10.1. The maximum atomic E-state index is 12.3. The van der Waals surface area contributed by atoms with Gasteiger partial charge in [0, 0.05) is 11.1 Å². The Morgan fingerprint density at radius 1 is 1.33 bits per heavy atom. The molecule has 2 unspecified atom stereocenters. The number of hydrogen-bond donors (Lipinski definition) is 1. The average molecular weight is 284 g/mol. The topological polar surface area (TPSA) is 65.2 Å². The van der Waals surface area contributed by atoms with Gasteiger partial charge >= 0.3 is 5.97 Å². The number of benzene rings is 1. The number of nitrogens with two attached hydrogens (primary N) is 1. The SMILES string of the molecule is CC1CCCC(OC(=O)c2cc(N)c3ccccc3n2)C1. The first-order valence-electron chi connectivity index (χ1n) is 7.49. The highest BCUT2D eigenvalue weighted by molar-refractivity contribution is 5.96. The zero-order chi connectivity index (χ0) is 14.8. The van der Waals surface area contributed by atoms with E-state index in [1.807, 2.05) is 24.3 Å². The molecule has 2 N–H and O–H groups in total. The third-order valence-corrected chi connectivity index (χ3v) is 4.12. The van der Waals surface area contributed by atoms with Gasteiger partial charge in [-0.1, -0.05) is 31.5 Å². The van der Waals surface area contributed by atoms with Gasteiger partial charge in [-0.05, 0) is 37.3 Å². The monoisotopic (exact) mass is 284 g/mol. The van der Waals surface area contributed by atoms with Crippen LogP contribution in [0.3, 0.4) is 0 Å². The number of fused-ring (bicyclic) bond motifs is 1. The fraction of sp³-hybridized carbons (Fsp3) is 0.412. The Morgan fingerprint density at radius 3 is 2.95 bits per heavy atom. The molecular formula is C17H20N2O2. The Bertz CT molecular complexity index is 669. The molecule has 0 aliphatic heterocycles. The number of rotatable bonds is 2. The Hall–Kier alpha value is -2.10. The molecular weight excluding hydrogens is 264 g/mol. The molecule has 2 atom stereocenters. The zero-order valence-electron chi connectivity index (χ0n) is 12.2. The van der Waals surface area contributed by atoms with Crippen LogP contribution in [0.1, 0.15) is 43.1 Å². The van der Waals surface area contributed by atoms with Gasteiger partial charge < -0.3 is 10.5 Å². The highest BCUT2D eigenvalue weighted by Gasteiger charge is 2.23. The van der Waals surface area contributed by atoms with Gasteiger partial charge in [-0.15, -0.1) is 0 Å². The molecule has 1 aromatic heterocycles. The standard InChI is InChI=1S/C17H20N2O2/c1-11-5-4-6-12(9-11)21-17(20)16-10-14(18)13-7-2-3-8-15(13)19-16/h2-3,7-8,10-12H,4-6,9H2,1H3,(H2,18,19). The van der Waals surface area contributed by atoms with Gasteiger partial charge in [0.05, 0.1) is 5.52 Å². The van der Waals surface area contributed by atoms with E-state index in [4.69, 9.17) is 10.5 Å². The minimum absolute atomic E-state index is 0.00995. The summed E-state index contributed by atoms with van der Waals surface area (Å²) in [5.41, 5.74) is 7.58. The number of pyridine rings is 1. The van der Waals surface area contributed by atoms with E-state index in [0.717, 1.165) is 30.2 Å². The van der Waals surface area contributed by atoms with Crippen molar-refractivity contribution in [2.75, 3.05) is 5.73 Å².